The molecule has 0 aliphatic carbocycles. The molecule has 4 heteroatoms. The Kier molecular flexibility index (Phi) is 6.43. The molecule has 3 heterocycles. The average molecular weight is 396 g/mol. The summed E-state index contributed by atoms with van der Waals surface area (Å²) < 4.78 is 8.21. The van der Waals surface area contributed by atoms with Gasteiger partial charge in [-0.05, 0) is 68.6 Å². The molecule has 0 saturated carbocycles. The Balaban J connectivity index is 1.68. The minimum absolute atomic E-state index is 0.573. The Morgan fingerprint density at radius 3 is 2.28 bits per heavy atom. The van der Waals surface area contributed by atoms with E-state index in [0.29, 0.717) is 12.0 Å². The number of piperidine rings is 1. The Morgan fingerprint density at radius 1 is 1.00 bits per heavy atom. The number of nitrogens with zero attached hydrogens (tertiary/aromatic N) is 3. The third-order valence-electron chi connectivity index (χ3n) is 6.82. The molecule has 1 aromatic carbocycles. The zero-order valence-electron chi connectivity index (χ0n) is 18.7. The highest BCUT2D eigenvalue weighted by atomic mass is 16.5. The minimum atomic E-state index is 0.573. The summed E-state index contributed by atoms with van der Waals surface area (Å²) in [6.45, 7) is 14.1. The first-order valence-electron chi connectivity index (χ1n) is 11.3. The van der Waals surface area contributed by atoms with Gasteiger partial charge in [0.15, 0.2) is 0 Å². The van der Waals surface area contributed by atoms with Gasteiger partial charge in [-0.3, -0.25) is 4.90 Å². The minimum Gasteiger partial charge on any atom is -0.379 e. The van der Waals surface area contributed by atoms with Gasteiger partial charge in [0.2, 0.25) is 0 Å². The molecule has 29 heavy (non-hydrogen) atoms. The number of rotatable bonds is 5. The molecule has 158 valence electrons. The molecule has 0 bridgehead atoms. The molecular weight excluding hydrogens is 358 g/mol. The van der Waals surface area contributed by atoms with Gasteiger partial charge >= 0.3 is 0 Å². The lowest BCUT2D eigenvalue weighted by molar-refractivity contribution is 0.0341. The van der Waals surface area contributed by atoms with Gasteiger partial charge in [0.05, 0.1) is 13.2 Å². The van der Waals surface area contributed by atoms with E-state index in [1.807, 2.05) is 0 Å². The van der Waals surface area contributed by atoms with Crippen LogP contribution in [0.3, 0.4) is 0 Å². The molecule has 0 amide bonds. The van der Waals surface area contributed by atoms with Crippen LogP contribution in [0.5, 0.6) is 0 Å². The van der Waals surface area contributed by atoms with Gasteiger partial charge in [-0.15, -0.1) is 0 Å². The van der Waals surface area contributed by atoms with Crippen LogP contribution < -0.4 is 0 Å². The van der Waals surface area contributed by atoms with Gasteiger partial charge in [0.25, 0.3) is 0 Å². The van der Waals surface area contributed by atoms with E-state index in [1.54, 1.807) is 0 Å². The lowest BCUT2D eigenvalue weighted by atomic mass is 10.00. The van der Waals surface area contributed by atoms with Gasteiger partial charge in [0, 0.05) is 37.1 Å². The van der Waals surface area contributed by atoms with E-state index in [0.717, 1.165) is 32.8 Å². The largest absolute Gasteiger partial charge is 0.379 e. The fourth-order valence-electron chi connectivity index (χ4n) is 4.82. The van der Waals surface area contributed by atoms with Crippen molar-refractivity contribution in [3.63, 3.8) is 0 Å². The standard InChI is InChI=1S/C25H37N3O/c1-19(2)21-5-7-22(8-6-21)25-17-23(18-27-13-15-29-16-14-27)20(3)28(25)24-9-11-26(4)12-10-24/h5-8,17,19,24H,9-16,18H2,1-4H3. The van der Waals surface area contributed by atoms with Crippen LogP contribution in [0.25, 0.3) is 11.3 Å². The first-order chi connectivity index (χ1) is 14.0. The molecule has 4 nitrogen and oxygen atoms in total. The summed E-state index contributed by atoms with van der Waals surface area (Å²) in [5.41, 5.74) is 7.10. The molecule has 0 unspecified atom stereocenters. The number of morpholine rings is 1. The summed E-state index contributed by atoms with van der Waals surface area (Å²) in [6.07, 6.45) is 2.47. The first-order valence-corrected chi connectivity index (χ1v) is 11.3. The average Bonchev–Trinajstić information content (AvgIpc) is 3.05. The van der Waals surface area contributed by atoms with Crippen molar-refractivity contribution >= 4 is 0 Å². The fourth-order valence-corrected chi connectivity index (χ4v) is 4.82. The topological polar surface area (TPSA) is 20.6 Å². The summed E-state index contributed by atoms with van der Waals surface area (Å²) in [5.74, 6) is 0.573. The van der Waals surface area contributed by atoms with Crippen molar-refractivity contribution in [3.8, 4) is 11.3 Å². The molecule has 2 saturated heterocycles. The van der Waals surface area contributed by atoms with E-state index in [9.17, 15) is 0 Å². The Hall–Kier alpha value is -1.62. The van der Waals surface area contributed by atoms with Gasteiger partial charge in [-0.1, -0.05) is 38.1 Å². The lowest BCUT2D eigenvalue weighted by Gasteiger charge is -2.32. The maximum atomic E-state index is 5.55. The molecule has 0 N–H and O–H groups in total. The highest BCUT2D eigenvalue weighted by Gasteiger charge is 2.25. The third kappa shape index (κ3) is 4.60. The molecule has 0 radical (unpaired) electrons. The van der Waals surface area contributed by atoms with Crippen molar-refractivity contribution in [1.29, 1.82) is 0 Å². The monoisotopic (exact) mass is 395 g/mol. The number of aromatic nitrogens is 1. The maximum absolute atomic E-state index is 5.55. The Bertz CT molecular complexity index is 794. The van der Waals surface area contributed by atoms with Crippen molar-refractivity contribution in [2.45, 2.75) is 52.1 Å². The second kappa shape index (κ2) is 9.03. The highest BCUT2D eigenvalue weighted by Crippen LogP contribution is 2.35. The van der Waals surface area contributed by atoms with E-state index in [2.05, 4.69) is 72.5 Å². The maximum Gasteiger partial charge on any atom is 0.0594 e. The van der Waals surface area contributed by atoms with Crippen molar-refractivity contribution < 1.29 is 4.74 Å². The second-order valence-corrected chi connectivity index (χ2v) is 9.21. The Morgan fingerprint density at radius 2 is 1.66 bits per heavy atom. The van der Waals surface area contributed by atoms with Gasteiger partial charge in [0.1, 0.15) is 0 Å². The molecule has 4 rings (SSSR count). The number of ether oxygens (including phenoxy) is 1. The highest BCUT2D eigenvalue weighted by molar-refractivity contribution is 5.63. The summed E-state index contributed by atoms with van der Waals surface area (Å²) >= 11 is 0. The number of hydrogen-bond acceptors (Lipinski definition) is 3. The fraction of sp³-hybridized carbons (Fsp3) is 0.600. The van der Waals surface area contributed by atoms with Crippen molar-refractivity contribution in [2.24, 2.45) is 0 Å². The van der Waals surface area contributed by atoms with Crippen LogP contribution in [0.4, 0.5) is 0 Å². The quantitative estimate of drug-likeness (QED) is 0.733. The summed E-state index contributed by atoms with van der Waals surface area (Å²) in [6, 6.07) is 12.3. The molecule has 0 atom stereocenters. The van der Waals surface area contributed by atoms with E-state index in [-0.39, 0.29) is 0 Å². The number of benzene rings is 1. The van der Waals surface area contributed by atoms with Crippen molar-refractivity contribution in [1.82, 2.24) is 14.4 Å². The molecule has 2 aliphatic heterocycles. The molecular formula is C25H37N3O. The number of likely N-dealkylation sites (tertiary alicyclic amines) is 1. The van der Waals surface area contributed by atoms with Crippen molar-refractivity contribution in [3.05, 3.63) is 47.2 Å². The first kappa shape index (κ1) is 20.6. The van der Waals surface area contributed by atoms with Gasteiger partial charge in [-0.2, -0.15) is 0 Å². The van der Waals surface area contributed by atoms with Crippen LogP contribution in [0.1, 0.15) is 55.5 Å². The molecule has 2 fully saturated rings. The number of hydrogen-bond donors (Lipinski definition) is 0. The van der Waals surface area contributed by atoms with E-state index < -0.39 is 0 Å². The molecule has 1 aromatic heterocycles. The van der Waals surface area contributed by atoms with E-state index >= 15 is 0 Å². The second-order valence-electron chi connectivity index (χ2n) is 9.21. The van der Waals surface area contributed by atoms with Crippen molar-refractivity contribution in [2.75, 3.05) is 46.4 Å². The zero-order chi connectivity index (χ0) is 20.4. The van der Waals surface area contributed by atoms with E-state index in [1.165, 1.54) is 54.0 Å². The van der Waals surface area contributed by atoms with Crippen LogP contribution in [-0.4, -0.2) is 60.8 Å². The van der Waals surface area contributed by atoms with E-state index in [4.69, 9.17) is 4.74 Å². The predicted octanol–water partition coefficient (Wildman–Crippen LogP) is 4.69. The predicted molar refractivity (Wildman–Crippen MR) is 121 cm³/mol. The normalized spacial score (nSPS) is 19.9. The summed E-state index contributed by atoms with van der Waals surface area (Å²) in [7, 11) is 2.24. The third-order valence-corrected chi connectivity index (χ3v) is 6.82. The Labute approximate surface area is 176 Å². The van der Waals surface area contributed by atoms with Crippen LogP contribution >= 0.6 is 0 Å². The van der Waals surface area contributed by atoms with Crippen LogP contribution in [0, 0.1) is 6.92 Å². The molecule has 0 spiro atoms. The van der Waals surface area contributed by atoms with Gasteiger partial charge in [-0.25, -0.2) is 0 Å². The molecule has 2 aliphatic rings. The summed E-state index contributed by atoms with van der Waals surface area (Å²) in [4.78, 5) is 5.00. The van der Waals surface area contributed by atoms with Crippen LogP contribution in [-0.2, 0) is 11.3 Å². The van der Waals surface area contributed by atoms with Crippen LogP contribution in [0.15, 0.2) is 30.3 Å². The van der Waals surface area contributed by atoms with Crippen LogP contribution in [0.2, 0.25) is 0 Å². The summed E-state index contributed by atoms with van der Waals surface area (Å²) in [5, 5.41) is 0. The lowest BCUT2D eigenvalue weighted by Crippen LogP contribution is -2.35. The molecule has 2 aromatic rings. The van der Waals surface area contributed by atoms with Gasteiger partial charge < -0.3 is 14.2 Å². The smallest absolute Gasteiger partial charge is 0.0594 e. The SMILES string of the molecule is Cc1c(CN2CCOCC2)cc(-c2ccc(C(C)C)cc2)n1C1CCN(C)CC1. The zero-order valence-corrected chi connectivity index (χ0v) is 18.7.